The van der Waals surface area contributed by atoms with Crippen LogP contribution >= 0.6 is 15.9 Å². The van der Waals surface area contributed by atoms with Crippen molar-refractivity contribution in [2.75, 3.05) is 0 Å². The fourth-order valence-corrected chi connectivity index (χ4v) is 2.27. The van der Waals surface area contributed by atoms with Crippen molar-refractivity contribution in [2.45, 2.75) is 6.92 Å². The second-order valence-electron chi connectivity index (χ2n) is 3.73. The second kappa shape index (κ2) is 3.92. The molecule has 0 N–H and O–H groups in total. The smallest absolute Gasteiger partial charge is 0.157 e. The summed E-state index contributed by atoms with van der Waals surface area (Å²) in [6.45, 7) is 1.88. The number of nitrogens with zero attached hydrogens (tertiary/aromatic N) is 4. The van der Waals surface area contributed by atoms with Crippen LogP contribution in [0, 0.1) is 6.92 Å². The second-order valence-corrected chi connectivity index (χ2v) is 4.54. The van der Waals surface area contributed by atoms with Crippen LogP contribution in [0.1, 0.15) is 5.82 Å². The van der Waals surface area contributed by atoms with Crippen molar-refractivity contribution in [3.63, 3.8) is 0 Å². The Kier molecular flexibility index (Phi) is 2.40. The molecular formula is C12H9BrN4. The summed E-state index contributed by atoms with van der Waals surface area (Å²) in [6, 6.07) is 7.99. The van der Waals surface area contributed by atoms with Crippen LogP contribution in [0.5, 0.6) is 0 Å². The summed E-state index contributed by atoms with van der Waals surface area (Å²) in [7, 11) is 0. The fourth-order valence-electron chi connectivity index (χ4n) is 1.76. The summed E-state index contributed by atoms with van der Waals surface area (Å²) < 4.78 is 2.67. The molecule has 0 fully saturated rings. The molecule has 17 heavy (non-hydrogen) atoms. The van der Waals surface area contributed by atoms with Crippen molar-refractivity contribution in [3.05, 3.63) is 47.1 Å². The molecule has 0 radical (unpaired) electrons. The predicted octanol–water partition coefficient (Wildman–Crippen LogP) is 2.86. The van der Waals surface area contributed by atoms with Crippen molar-refractivity contribution in [3.8, 4) is 11.1 Å². The van der Waals surface area contributed by atoms with E-state index in [1.807, 2.05) is 31.2 Å². The minimum atomic E-state index is 0.762. The Morgan fingerprint density at radius 1 is 1.12 bits per heavy atom. The minimum Gasteiger partial charge on any atom is -0.265 e. The summed E-state index contributed by atoms with van der Waals surface area (Å²) in [5.74, 6) is 0.762. The normalized spacial score (nSPS) is 10.9. The third kappa shape index (κ3) is 1.82. The van der Waals surface area contributed by atoms with Gasteiger partial charge in [-0.1, -0.05) is 0 Å². The van der Waals surface area contributed by atoms with Gasteiger partial charge in [-0.2, -0.15) is 5.10 Å². The van der Waals surface area contributed by atoms with E-state index in [1.54, 1.807) is 16.9 Å². The molecule has 0 aliphatic carbocycles. The molecule has 3 heterocycles. The lowest BCUT2D eigenvalue weighted by Crippen LogP contribution is -1.91. The van der Waals surface area contributed by atoms with Crippen LogP contribution < -0.4 is 0 Å². The van der Waals surface area contributed by atoms with E-state index >= 15 is 0 Å². The Morgan fingerprint density at radius 3 is 2.65 bits per heavy atom. The van der Waals surface area contributed by atoms with Crippen LogP contribution in [0.3, 0.4) is 0 Å². The first-order chi connectivity index (χ1) is 8.24. The van der Waals surface area contributed by atoms with Crippen LogP contribution in [0.25, 0.3) is 16.8 Å². The van der Waals surface area contributed by atoms with Gasteiger partial charge in [0.05, 0.1) is 0 Å². The summed E-state index contributed by atoms with van der Waals surface area (Å²) in [4.78, 5) is 8.38. The summed E-state index contributed by atoms with van der Waals surface area (Å²) >= 11 is 3.50. The SMILES string of the molecule is Cc1nc2cc(-c3ccncc3)cc(Br)n2n1. The Bertz CT molecular complexity index is 676. The van der Waals surface area contributed by atoms with Gasteiger partial charge in [0.15, 0.2) is 5.65 Å². The Morgan fingerprint density at radius 2 is 1.88 bits per heavy atom. The van der Waals surface area contributed by atoms with Gasteiger partial charge in [-0.05, 0) is 58.2 Å². The number of aryl methyl sites for hydroxylation is 1. The molecule has 5 heteroatoms. The van der Waals surface area contributed by atoms with Gasteiger partial charge in [0.2, 0.25) is 0 Å². The van der Waals surface area contributed by atoms with Crippen LogP contribution in [0.2, 0.25) is 0 Å². The summed E-state index contributed by atoms with van der Waals surface area (Å²) in [5.41, 5.74) is 3.05. The number of rotatable bonds is 1. The zero-order valence-corrected chi connectivity index (χ0v) is 10.7. The lowest BCUT2D eigenvalue weighted by Gasteiger charge is -2.03. The van der Waals surface area contributed by atoms with Crippen LogP contribution in [0.15, 0.2) is 41.3 Å². The standard InChI is InChI=1S/C12H9BrN4/c1-8-15-12-7-10(6-11(13)17(12)16-8)9-2-4-14-5-3-9/h2-7H,1H3. The van der Waals surface area contributed by atoms with Gasteiger partial charge in [-0.3, -0.25) is 4.98 Å². The largest absolute Gasteiger partial charge is 0.265 e. The Hall–Kier alpha value is -1.75. The Balaban J connectivity index is 2.25. The average Bonchev–Trinajstić information content (AvgIpc) is 2.71. The highest BCUT2D eigenvalue weighted by Gasteiger charge is 2.06. The molecule has 4 nitrogen and oxygen atoms in total. The quantitative estimate of drug-likeness (QED) is 0.647. The first-order valence-corrected chi connectivity index (χ1v) is 5.97. The molecule has 0 aliphatic heterocycles. The van der Waals surface area contributed by atoms with Gasteiger partial charge >= 0.3 is 0 Å². The lowest BCUT2D eigenvalue weighted by atomic mass is 10.1. The first kappa shape index (κ1) is 10.4. The van der Waals surface area contributed by atoms with Gasteiger partial charge in [0, 0.05) is 12.4 Å². The minimum absolute atomic E-state index is 0.762. The van der Waals surface area contributed by atoms with E-state index in [-0.39, 0.29) is 0 Å². The molecular weight excluding hydrogens is 280 g/mol. The molecule has 0 saturated carbocycles. The van der Waals surface area contributed by atoms with Gasteiger partial charge in [0.1, 0.15) is 10.4 Å². The van der Waals surface area contributed by atoms with Crippen molar-refractivity contribution >= 4 is 21.6 Å². The Labute approximate surface area is 106 Å². The number of aromatic nitrogens is 4. The maximum Gasteiger partial charge on any atom is 0.157 e. The maximum atomic E-state index is 4.37. The van der Waals surface area contributed by atoms with E-state index < -0.39 is 0 Å². The van der Waals surface area contributed by atoms with Crippen molar-refractivity contribution in [1.82, 2.24) is 19.6 Å². The maximum absolute atomic E-state index is 4.37. The average molecular weight is 289 g/mol. The van der Waals surface area contributed by atoms with Crippen LogP contribution in [-0.4, -0.2) is 19.6 Å². The molecule has 3 aromatic rings. The van der Waals surface area contributed by atoms with Gasteiger partial charge in [-0.25, -0.2) is 9.50 Å². The van der Waals surface area contributed by atoms with Gasteiger partial charge in [-0.15, -0.1) is 0 Å². The summed E-state index contributed by atoms with van der Waals surface area (Å²) in [6.07, 6.45) is 3.56. The number of pyridine rings is 2. The van der Waals surface area contributed by atoms with Crippen molar-refractivity contribution in [1.29, 1.82) is 0 Å². The highest BCUT2D eigenvalue weighted by atomic mass is 79.9. The van der Waals surface area contributed by atoms with E-state index in [0.717, 1.165) is 27.2 Å². The zero-order chi connectivity index (χ0) is 11.8. The van der Waals surface area contributed by atoms with Crippen molar-refractivity contribution < 1.29 is 0 Å². The van der Waals surface area contributed by atoms with E-state index in [9.17, 15) is 0 Å². The topological polar surface area (TPSA) is 43.1 Å². The lowest BCUT2D eigenvalue weighted by molar-refractivity contribution is 0.909. The summed E-state index contributed by atoms with van der Waals surface area (Å²) in [5, 5.41) is 4.29. The molecule has 84 valence electrons. The van der Waals surface area contributed by atoms with E-state index in [2.05, 4.69) is 31.0 Å². The predicted molar refractivity (Wildman–Crippen MR) is 68.7 cm³/mol. The molecule has 0 saturated heterocycles. The highest BCUT2D eigenvalue weighted by Crippen LogP contribution is 2.24. The molecule has 0 bridgehead atoms. The van der Waals surface area contributed by atoms with Crippen molar-refractivity contribution in [2.24, 2.45) is 0 Å². The van der Waals surface area contributed by atoms with Crippen LogP contribution in [0.4, 0.5) is 0 Å². The van der Waals surface area contributed by atoms with Crippen LogP contribution in [-0.2, 0) is 0 Å². The number of hydrogen-bond donors (Lipinski definition) is 0. The van der Waals surface area contributed by atoms with Gasteiger partial charge in [0.25, 0.3) is 0 Å². The molecule has 0 aromatic carbocycles. The molecule has 0 unspecified atom stereocenters. The zero-order valence-electron chi connectivity index (χ0n) is 9.13. The molecule has 3 aromatic heterocycles. The molecule has 0 aliphatic rings. The number of halogens is 1. The number of hydrogen-bond acceptors (Lipinski definition) is 3. The molecule has 0 atom stereocenters. The van der Waals surface area contributed by atoms with E-state index in [1.165, 1.54) is 0 Å². The molecule has 3 rings (SSSR count). The molecule has 0 spiro atoms. The third-order valence-electron chi connectivity index (χ3n) is 2.51. The molecule has 0 amide bonds. The highest BCUT2D eigenvalue weighted by molar-refractivity contribution is 9.10. The monoisotopic (exact) mass is 288 g/mol. The van der Waals surface area contributed by atoms with Gasteiger partial charge < -0.3 is 0 Å². The first-order valence-electron chi connectivity index (χ1n) is 5.17. The number of fused-ring (bicyclic) bond motifs is 1. The fraction of sp³-hybridized carbons (Fsp3) is 0.0833. The third-order valence-corrected chi connectivity index (χ3v) is 3.08. The van der Waals surface area contributed by atoms with E-state index in [4.69, 9.17) is 0 Å². The van der Waals surface area contributed by atoms with E-state index in [0.29, 0.717) is 0 Å².